The van der Waals surface area contributed by atoms with Gasteiger partial charge >= 0.3 is 0 Å². The number of methoxy groups -OCH3 is 1. The highest BCUT2D eigenvalue weighted by molar-refractivity contribution is 8.15. The van der Waals surface area contributed by atoms with Crippen LogP contribution in [0.5, 0.6) is 11.5 Å². The largest absolute Gasteiger partial charge is 0.497 e. The Hall–Kier alpha value is -3.85. The third-order valence-electron chi connectivity index (χ3n) is 5.39. The fourth-order valence-corrected chi connectivity index (χ4v) is 4.75. The molecule has 3 aromatic carbocycles. The molecule has 9 heteroatoms. The second-order valence-electron chi connectivity index (χ2n) is 7.96. The number of amides is 2. The lowest BCUT2D eigenvalue weighted by Crippen LogP contribution is -2.33. The molecule has 0 saturated carbocycles. The Balaban J connectivity index is 1.50. The standard InChI is InChI=1S/C27H26FN3O4S/c1-3-35-23-14-10-20(11-15-23)29-25(32)16-24-26(33)31(17-18-4-12-22(34-2)13-5-18)27(36-24)30-21-8-6-19(28)7-9-21/h4-15,24H,3,16-17H2,1-2H3,(H,29,32). The van der Waals surface area contributed by atoms with Crippen LogP contribution < -0.4 is 14.8 Å². The number of anilines is 1. The second kappa shape index (κ2) is 11.7. The smallest absolute Gasteiger partial charge is 0.242 e. The maximum absolute atomic E-state index is 13.4. The molecule has 2 amide bonds. The van der Waals surface area contributed by atoms with Crippen molar-refractivity contribution in [2.24, 2.45) is 4.99 Å². The van der Waals surface area contributed by atoms with Crippen LogP contribution in [0.15, 0.2) is 77.8 Å². The Morgan fingerprint density at radius 1 is 1.03 bits per heavy atom. The molecule has 1 heterocycles. The molecule has 7 nitrogen and oxygen atoms in total. The summed E-state index contributed by atoms with van der Waals surface area (Å²) in [4.78, 5) is 32.2. The van der Waals surface area contributed by atoms with E-state index in [0.717, 1.165) is 5.56 Å². The van der Waals surface area contributed by atoms with Crippen LogP contribution in [0.1, 0.15) is 18.9 Å². The summed E-state index contributed by atoms with van der Waals surface area (Å²) in [5.41, 5.74) is 2.02. The zero-order valence-electron chi connectivity index (χ0n) is 19.9. The van der Waals surface area contributed by atoms with Crippen molar-refractivity contribution in [2.45, 2.75) is 25.1 Å². The van der Waals surface area contributed by atoms with Crippen molar-refractivity contribution in [2.75, 3.05) is 19.0 Å². The molecule has 0 bridgehead atoms. The van der Waals surface area contributed by atoms with E-state index in [4.69, 9.17) is 9.47 Å². The topological polar surface area (TPSA) is 80.2 Å². The number of carbonyl (C=O) groups is 2. The summed E-state index contributed by atoms with van der Waals surface area (Å²) in [6.45, 7) is 2.74. The van der Waals surface area contributed by atoms with Crippen LogP contribution in [-0.4, -0.2) is 40.8 Å². The number of ether oxygens (including phenoxy) is 2. The third-order valence-corrected chi connectivity index (χ3v) is 6.57. The summed E-state index contributed by atoms with van der Waals surface area (Å²) >= 11 is 1.23. The predicted octanol–water partition coefficient (Wildman–Crippen LogP) is 5.39. The van der Waals surface area contributed by atoms with Gasteiger partial charge in [-0.2, -0.15) is 0 Å². The van der Waals surface area contributed by atoms with Gasteiger partial charge in [-0.15, -0.1) is 0 Å². The van der Waals surface area contributed by atoms with Gasteiger partial charge < -0.3 is 14.8 Å². The van der Waals surface area contributed by atoms with Gasteiger partial charge in [0.05, 0.1) is 25.9 Å². The molecule has 1 N–H and O–H groups in total. The molecule has 0 spiro atoms. The molecule has 0 aromatic heterocycles. The van der Waals surface area contributed by atoms with E-state index in [0.29, 0.717) is 34.6 Å². The molecule has 1 saturated heterocycles. The number of halogens is 1. The lowest BCUT2D eigenvalue weighted by atomic mass is 10.2. The van der Waals surface area contributed by atoms with E-state index in [1.54, 1.807) is 48.4 Å². The molecule has 0 radical (unpaired) electrons. The highest BCUT2D eigenvalue weighted by atomic mass is 32.2. The van der Waals surface area contributed by atoms with E-state index in [1.807, 2.05) is 31.2 Å². The van der Waals surface area contributed by atoms with Crippen LogP contribution >= 0.6 is 11.8 Å². The summed E-state index contributed by atoms with van der Waals surface area (Å²) in [5.74, 6) is 0.571. The summed E-state index contributed by atoms with van der Waals surface area (Å²) in [5, 5.41) is 2.66. The number of hydrogen-bond donors (Lipinski definition) is 1. The number of amidine groups is 1. The minimum atomic E-state index is -0.634. The van der Waals surface area contributed by atoms with Crippen LogP contribution in [-0.2, 0) is 16.1 Å². The quantitative estimate of drug-likeness (QED) is 0.420. The van der Waals surface area contributed by atoms with Gasteiger partial charge in [-0.3, -0.25) is 14.5 Å². The van der Waals surface area contributed by atoms with Crippen molar-refractivity contribution >= 4 is 40.1 Å². The van der Waals surface area contributed by atoms with Crippen LogP contribution in [0.25, 0.3) is 0 Å². The van der Waals surface area contributed by atoms with Crippen molar-refractivity contribution in [1.29, 1.82) is 0 Å². The molecule has 3 aromatic rings. The molecular formula is C27H26FN3O4S. The Morgan fingerprint density at radius 3 is 2.33 bits per heavy atom. The fraction of sp³-hybridized carbons (Fsp3) is 0.222. The first kappa shape index (κ1) is 25.2. The summed E-state index contributed by atoms with van der Waals surface area (Å²) in [6, 6.07) is 20.2. The maximum atomic E-state index is 13.4. The van der Waals surface area contributed by atoms with E-state index < -0.39 is 5.25 Å². The number of thioether (sulfide) groups is 1. The zero-order chi connectivity index (χ0) is 25.5. The van der Waals surface area contributed by atoms with E-state index in [1.165, 1.54) is 23.9 Å². The minimum Gasteiger partial charge on any atom is -0.497 e. The van der Waals surface area contributed by atoms with Crippen molar-refractivity contribution in [3.63, 3.8) is 0 Å². The molecular weight excluding hydrogens is 481 g/mol. The molecule has 1 aliphatic heterocycles. The fourth-order valence-electron chi connectivity index (χ4n) is 3.59. The van der Waals surface area contributed by atoms with Crippen molar-refractivity contribution in [3.8, 4) is 11.5 Å². The predicted molar refractivity (Wildman–Crippen MR) is 139 cm³/mol. The van der Waals surface area contributed by atoms with Gasteiger partial charge in [-0.25, -0.2) is 9.38 Å². The average Bonchev–Trinajstić information content (AvgIpc) is 3.16. The van der Waals surface area contributed by atoms with Crippen molar-refractivity contribution in [3.05, 3.63) is 84.2 Å². The van der Waals surface area contributed by atoms with E-state index in [9.17, 15) is 14.0 Å². The van der Waals surface area contributed by atoms with Crippen LogP contribution in [0.2, 0.25) is 0 Å². The first-order valence-electron chi connectivity index (χ1n) is 11.4. The number of hydrogen-bond acceptors (Lipinski definition) is 6. The molecule has 1 fully saturated rings. The monoisotopic (exact) mass is 507 g/mol. The first-order chi connectivity index (χ1) is 17.4. The van der Waals surface area contributed by atoms with Gasteiger partial charge in [-0.1, -0.05) is 23.9 Å². The lowest BCUT2D eigenvalue weighted by Gasteiger charge is -2.17. The Kier molecular flexibility index (Phi) is 8.22. The van der Waals surface area contributed by atoms with Crippen molar-refractivity contribution < 1.29 is 23.5 Å². The van der Waals surface area contributed by atoms with Gasteiger partial charge in [-0.05, 0) is 73.2 Å². The van der Waals surface area contributed by atoms with Gasteiger partial charge in [0.2, 0.25) is 11.8 Å². The maximum Gasteiger partial charge on any atom is 0.242 e. The van der Waals surface area contributed by atoms with Gasteiger partial charge in [0.25, 0.3) is 0 Å². The van der Waals surface area contributed by atoms with Crippen LogP contribution in [0.3, 0.4) is 0 Å². The molecule has 186 valence electrons. The summed E-state index contributed by atoms with van der Waals surface area (Å²) in [7, 11) is 1.59. The number of carbonyl (C=O) groups excluding carboxylic acids is 2. The molecule has 1 aliphatic rings. The first-order valence-corrected chi connectivity index (χ1v) is 12.3. The summed E-state index contributed by atoms with van der Waals surface area (Å²) in [6.07, 6.45) is -0.0156. The van der Waals surface area contributed by atoms with E-state index >= 15 is 0 Å². The number of nitrogens with zero attached hydrogens (tertiary/aromatic N) is 2. The van der Waals surface area contributed by atoms with Crippen LogP contribution in [0, 0.1) is 5.82 Å². The average molecular weight is 508 g/mol. The Labute approximate surface area is 213 Å². The molecule has 1 unspecified atom stereocenters. The van der Waals surface area contributed by atoms with Gasteiger partial charge in [0, 0.05) is 12.1 Å². The zero-order valence-corrected chi connectivity index (χ0v) is 20.8. The highest BCUT2D eigenvalue weighted by Gasteiger charge is 2.39. The van der Waals surface area contributed by atoms with Gasteiger partial charge in [0.15, 0.2) is 5.17 Å². The van der Waals surface area contributed by atoms with Crippen LogP contribution in [0.4, 0.5) is 15.8 Å². The lowest BCUT2D eigenvalue weighted by molar-refractivity contribution is -0.128. The van der Waals surface area contributed by atoms with Crippen molar-refractivity contribution in [1.82, 2.24) is 4.90 Å². The van der Waals surface area contributed by atoms with E-state index in [2.05, 4.69) is 10.3 Å². The molecule has 36 heavy (non-hydrogen) atoms. The number of rotatable bonds is 9. The number of nitrogens with one attached hydrogen (secondary N) is 1. The Bertz CT molecular complexity index is 1230. The minimum absolute atomic E-state index is 0.0156. The Morgan fingerprint density at radius 2 is 1.69 bits per heavy atom. The third kappa shape index (κ3) is 6.42. The molecule has 4 rings (SSSR count). The normalized spacial score (nSPS) is 16.3. The highest BCUT2D eigenvalue weighted by Crippen LogP contribution is 2.33. The SMILES string of the molecule is CCOc1ccc(NC(=O)CC2SC(=Nc3ccc(F)cc3)N(Cc3ccc(OC)cc3)C2=O)cc1. The summed E-state index contributed by atoms with van der Waals surface area (Å²) < 4.78 is 24.0. The molecule has 0 aliphatic carbocycles. The second-order valence-corrected chi connectivity index (χ2v) is 9.13. The van der Waals surface area contributed by atoms with E-state index in [-0.39, 0.29) is 30.6 Å². The number of benzene rings is 3. The number of aliphatic imine (C=N–C) groups is 1. The molecule has 1 atom stereocenters. The van der Waals surface area contributed by atoms with Gasteiger partial charge in [0.1, 0.15) is 22.6 Å².